The van der Waals surface area contributed by atoms with Crippen molar-refractivity contribution in [1.82, 2.24) is 4.90 Å². The average molecular weight is 278 g/mol. The number of nitrogens with zero attached hydrogens (tertiary/aromatic N) is 1. The second kappa shape index (κ2) is 6.35. The number of anilines is 1. The third-order valence-electron chi connectivity index (χ3n) is 3.18. The largest absolute Gasteiger partial charge is 0.394 e. The Labute approximate surface area is 119 Å². The average Bonchev–Trinajstić information content (AvgIpc) is 2.37. The number of carbonyl (C=O) groups excluding carboxylic acids is 1. The van der Waals surface area contributed by atoms with E-state index in [2.05, 4.69) is 5.32 Å². The molecule has 0 radical (unpaired) electrons. The molecule has 0 saturated carbocycles. The number of aliphatic hydroxyl groups excluding tert-OH is 1. The molecule has 5 nitrogen and oxygen atoms in total. The molecule has 1 aliphatic heterocycles. The summed E-state index contributed by atoms with van der Waals surface area (Å²) in [5.74, 6) is -0.0504. The molecule has 0 aromatic heterocycles. The predicted octanol–water partition coefficient (Wildman–Crippen LogP) is 1.10. The molecule has 2 N–H and O–H groups in total. The highest BCUT2D eigenvalue weighted by Crippen LogP contribution is 2.20. The molecule has 1 saturated heterocycles. The molecule has 1 amide bonds. The van der Waals surface area contributed by atoms with Crippen LogP contribution in [0, 0.1) is 0 Å². The van der Waals surface area contributed by atoms with Crippen molar-refractivity contribution in [3.8, 4) is 0 Å². The number of para-hydroxylation sites is 1. The monoisotopic (exact) mass is 278 g/mol. The number of aliphatic hydroxyl groups is 1. The Kier molecular flexibility index (Phi) is 4.75. The lowest BCUT2D eigenvalue weighted by atomic mass is 10.1. The van der Waals surface area contributed by atoms with Gasteiger partial charge in [0.05, 0.1) is 24.9 Å². The number of hydrogen-bond acceptors (Lipinski definition) is 4. The molecule has 20 heavy (non-hydrogen) atoms. The van der Waals surface area contributed by atoms with Gasteiger partial charge in [0.25, 0.3) is 0 Å². The van der Waals surface area contributed by atoms with Gasteiger partial charge in [0.2, 0.25) is 5.91 Å². The highest BCUT2D eigenvalue weighted by molar-refractivity contribution is 5.92. The van der Waals surface area contributed by atoms with Gasteiger partial charge in [-0.25, -0.2) is 0 Å². The maximum atomic E-state index is 12.0. The molecule has 1 aromatic carbocycles. The van der Waals surface area contributed by atoms with Gasteiger partial charge in [0.1, 0.15) is 0 Å². The number of carbonyl (C=O) groups is 1. The molecule has 1 atom stereocenters. The van der Waals surface area contributed by atoms with Gasteiger partial charge in [-0.3, -0.25) is 9.69 Å². The third kappa shape index (κ3) is 4.30. The number of benzene rings is 1. The van der Waals surface area contributed by atoms with E-state index in [-0.39, 0.29) is 24.2 Å². The maximum absolute atomic E-state index is 12.0. The first kappa shape index (κ1) is 15.0. The van der Waals surface area contributed by atoms with Crippen molar-refractivity contribution >= 4 is 11.6 Å². The molecule has 2 rings (SSSR count). The van der Waals surface area contributed by atoms with E-state index in [0.29, 0.717) is 19.6 Å². The summed E-state index contributed by atoms with van der Waals surface area (Å²) in [6.45, 7) is 5.46. The molecule has 1 aromatic rings. The zero-order valence-electron chi connectivity index (χ0n) is 12.0. The molecule has 1 aliphatic rings. The zero-order chi connectivity index (χ0) is 14.6. The fourth-order valence-corrected chi connectivity index (χ4v) is 2.56. The first-order valence-electron chi connectivity index (χ1n) is 6.84. The number of nitrogens with one attached hydrogen (secondary N) is 1. The Morgan fingerprint density at radius 2 is 2.15 bits per heavy atom. The quantitative estimate of drug-likeness (QED) is 0.865. The van der Waals surface area contributed by atoms with Crippen LogP contribution in [0.4, 0.5) is 5.69 Å². The summed E-state index contributed by atoms with van der Waals surface area (Å²) in [6.07, 6.45) is -0.233. The minimum absolute atomic E-state index is 0.0275. The van der Waals surface area contributed by atoms with E-state index in [9.17, 15) is 9.90 Å². The van der Waals surface area contributed by atoms with Gasteiger partial charge < -0.3 is 15.2 Å². The van der Waals surface area contributed by atoms with Gasteiger partial charge in [-0.2, -0.15) is 0 Å². The summed E-state index contributed by atoms with van der Waals surface area (Å²) in [7, 11) is 0. The second-order valence-corrected chi connectivity index (χ2v) is 5.77. The van der Waals surface area contributed by atoms with Crippen molar-refractivity contribution in [2.45, 2.75) is 25.6 Å². The van der Waals surface area contributed by atoms with Crippen LogP contribution in [0.5, 0.6) is 0 Å². The molecule has 110 valence electrons. The number of ether oxygens (including phenoxy) is 1. The lowest BCUT2D eigenvalue weighted by Gasteiger charge is -2.41. The van der Waals surface area contributed by atoms with Gasteiger partial charge >= 0.3 is 0 Å². The summed E-state index contributed by atoms with van der Waals surface area (Å²) >= 11 is 0. The highest BCUT2D eigenvalue weighted by Gasteiger charge is 2.33. The van der Waals surface area contributed by atoms with Gasteiger partial charge in [0.15, 0.2) is 0 Å². The second-order valence-electron chi connectivity index (χ2n) is 5.77. The van der Waals surface area contributed by atoms with E-state index in [4.69, 9.17) is 4.74 Å². The van der Waals surface area contributed by atoms with Crippen LogP contribution >= 0.6 is 0 Å². The van der Waals surface area contributed by atoms with E-state index in [1.165, 1.54) is 0 Å². The summed E-state index contributed by atoms with van der Waals surface area (Å²) < 4.78 is 5.73. The standard InChI is InChI=1S/C15H22N2O3/c1-15(2)11-17(8-13(10-18)20-15)9-14(19)16-12-6-4-3-5-7-12/h3-7,13,18H,8-11H2,1-2H3,(H,16,19). The van der Waals surface area contributed by atoms with Crippen molar-refractivity contribution < 1.29 is 14.6 Å². The topological polar surface area (TPSA) is 61.8 Å². The number of amides is 1. The predicted molar refractivity (Wildman–Crippen MR) is 77.5 cm³/mol. The van der Waals surface area contributed by atoms with E-state index >= 15 is 0 Å². The summed E-state index contributed by atoms with van der Waals surface area (Å²) in [6, 6.07) is 9.39. The Bertz CT molecular complexity index is 448. The third-order valence-corrected chi connectivity index (χ3v) is 3.18. The van der Waals surface area contributed by atoms with Crippen molar-refractivity contribution in [1.29, 1.82) is 0 Å². The Morgan fingerprint density at radius 3 is 2.80 bits per heavy atom. The normalized spacial score (nSPS) is 22.4. The Hall–Kier alpha value is -1.43. The van der Waals surface area contributed by atoms with Gasteiger partial charge in [0, 0.05) is 18.8 Å². The Balaban J connectivity index is 1.90. The number of morpholine rings is 1. The van der Waals surface area contributed by atoms with E-state index < -0.39 is 0 Å². The van der Waals surface area contributed by atoms with Crippen LogP contribution in [-0.4, -0.2) is 53.9 Å². The zero-order valence-corrected chi connectivity index (χ0v) is 12.0. The van der Waals surface area contributed by atoms with Crippen LogP contribution in [-0.2, 0) is 9.53 Å². The molecule has 5 heteroatoms. The van der Waals surface area contributed by atoms with Crippen LogP contribution < -0.4 is 5.32 Å². The van der Waals surface area contributed by atoms with Crippen molar-refractivity contribution in [3.05, 3.63) is 30.3 Å². The minimum Gasteiger partial charge on any atom is -0.394 e. The first-order chi connectivity index (χ1) is 9.48. The summed E-state index contributed by atoms with van der Waals surface area (Å²) in [4.78, 5) is 14.0. The molecular weight excluding hydrogens is 256 g/mol. The fourth-order valence-electron chi connectivity index (χ4n) is 2.56. The molecule has 1 unspecified atom stereocenters. The van der Waals surface area contributed by atoms with Crippen molar-refractivity contribution in [2.24, 2.45) is 0 Å². The van der Waals surface area contributed by atoms with Crippen LogP contribution in [0.1, 0.15) is 13.8 Å². The summed E-state index contributed by atoms with van der Waals surface area (Å²) in [5, 5.41) is 12.1. The summed E-state index contributed by atoms with van der Waals surface area (Å²) in [5.41, 5.74) is 0.447. The molecule has 0 aliphatic carbocycles. The maximum Gasteiger partial charge on any atom is 0.238 e. The van der Waals surface area contributed by atoms with Crippen LogP contribution in [0.15, 0.2) is 30.3 Å². The van der Waals surface area contributed by atoms with Crippen LogP contribution in [0.2, 0.25) is 0 Å². The fraction of sp³-hybridized carbons (Fsp3) is 0.533. The highest BCUT2D eigenvalue weighted by atomic mass is 16.5. The van der Waals surface area contributed by atoms with Crippen LogP contribution in [0.25, 0.3) is 0 Å². The van der Waals surface area contributed by atoms with Crippen LogP contribution in [0.3, 0.4) is 0 Å². The number of hydrogen-bond donors (Lipinski definition) is 2. The van der Waals surface area contributed by atoms with Crippen molar-refractivity contribution in [2.75, 3.05) is 31.6 Å². The lowest BCUT2D eigenvalue weighted by Crippen LogP contribution is -2.55. The van der Waals surface area contributed by atoms with Gasteiger partial charge in [-0.1, -0.05) is 18.2 Å². The molecule has 1 fully saturated rings. The smallest absolute Gasteiger partial charge is 0.238 e. The van der Waals surface area contributed by atoms with Gasteiger partial charge in [-0.15, -0.1) is 0 Å². The Morgan fingerprint density at radius 1 is 1.45 bits per heavy atom. The lowest BCUT2D eigenvalue weighted by molar-refractivity contribution is -0.151. The van der Waals surface area contributed by atoms with E-state index in [1.807, 2.05) is 49.1 Å². The molecule has 0 bridgehead atoms. The van der Waals surface area contributed by atoms with E-state index in [0.717, 1.165) is 5.69 Å². The molecule has 0 spiro atoms. The molecule has 1 heterocycles. The SMILES string of the molecule is CC1(C)CN(CC(=O)Nc2ccccc2)CC(CO)O1. The number of rotatable bonds is 4. The minimum atomic E-state index is -0.349. The van der Waals surface area contributed by atoms with E-state index in [1.54, 1.807) is 0 Å². The molecular formula is C15H22N2O3. The van der Waals surface area contributed by atoms with Crippen molar-refractivity contribution in [3.63, 3.8) is 0 Å². The first-order valence-corrected chi connectivity index (χ1v) is 6.84. The van der Waals surface area contributed by atoms with Gasteiger partial charge in [-0.05, 0) is 26.0 Å².